The average Bonchev–Trinajstić information content (AvgIpc) is 2.62. The third kappa shape index (κ3) is 2.67. The number of carbonyl (C=O) groups is 1. The van der Waals surface area contributed by atoms with Crippen molar-refractivity contribution in [3.05, 3.63) is 39.4 Å². The Hall–Kier alpha value is -2.41. The molecule has 0 radical (unpaired) electrons. The summed E-state index contributed by atoms with van der Waals surface area (Å²) in [7, 11) is 0. The fraction of sp³-hybridized carbons (Fsp3) is 0.474. The number of aromatic nitrogens is 1. The molecule has 2 aliphatic rings. The number of aromatic carboxylic acids is 1. The molecule has 0 amide bonds. The van der Waals surface area contributed by atoms with Crippen LogP contribution in [0.15, 0.2) is 17.1 Å². The van der Waals surface area contributed by atoms with Gasteiger partial charge in [-0.3, -0.25) is 9.69 Å². The lowest BCUT2D eigenvalue weighted by molar-refractivity contribution is 0.0694. The van der Waals surface area contributed by atoms with E-state index in [4.69, 9.17) is 4.74 Å². The van der Waals surface area contributed by atoms with E-state index in [9.17, 15) is 19.1 Å². The molecule has 0 unspecified atom stereocenters. The van der Waals surface area contributed by atoms with Crippen LogP contribution in [0.1, 0.15) is 48.1 Å². The predicted molar refractivity (Wildman–Crippen MR) is 94.5 cm³/mol. The number of piperidine rings is 1. The number of benzene rings is 1. The van der Waals surface area contributed by atoms with E-state index in [-0.39, 0.29) is 17.0 Å². The summed E-state index contributed by atoms with van der Waals surface area (Å²) >= 11 is 0. The van der Waals surface area contributed by atoms with Gasteiger partial charge in [0.15, 0.2) is 5.75 Å². The first kappa shape index (κ1) is 17.0. The molecule has 0 aliphatic carbocycles. The molecule has 1 aromatic heterocycles. The molecule has 7 heteroatoms. The van der Waals surface area contributed by atoms with E-state index in [0.717, 1.165) is 25.9 Å². The van der Waals surface area contributed by atoms with Crippen molar-refractivity contribution in [2.75, 3.05) is 19.7 Å². The third-order valence-corrected chi connectivity index (χ3v) is 5.32. The van der Waals surface area contributed by atoms with Crippen LogP contribution in [0.5, 0.6) is 5.75 Å². The van der Waals surface area contributed by atoms with Gasteiger partial charge in [-0.1, -0.05) is 6.42 Å². The maximum Gasteiger partial charge on any atom is 0.341 e. The maximum atomic E-state index is 14.9. The molecule has 2 aliphatic heterocycles. The fourth-order valence-corrected chi connectivity index (χ4v) is 3.92. The zero-order valence-corrected chi connectivity index (χ0v) is 14.6. The van der Waals surface area contributed by atoms with Gasteiger partial charge in [-0.25, -0.2) is 9.18 Å². The van der Waals surface area contributed by atoms with Crippen LogP contribution in [-0.2, 0) is 6.54 Å². The summed E-state index contributed by atoms with van der Waals surface area (Å²) in [5.74, 6) is -1.45. The van der Waals surface area contributed by atoms with Crippen molar-refractivity contribution in [3.8, 4) is 5.75 Å². The summed E-state index contributed by atoms with van der Waals surface area (Å²) < 4.78 is 22.5. The summed E-state index contributed by atoms with van der Waals surface area (Å²) in [5, 5.41) is 9.38. The number of likely N-dealkylation sites (tertiary alicyclic amines) is 1. The molecule has 3 heterocycles. The van der Waals surface area contributed by atoms with Gasteiger partial charge >= 0.3 is 5.97 Å². The van der Waals surface area contributed by atoms with E-state index in [1.807, 2.05) is 6.92 Å². The second-order valence-electron chi connectivity index (χ2n) is 7.14. The number of pyridine rings is 1. The topological polar surface area (TPSA) is 71.8 Å². The first-order valence-electron chi connectivity index (χ1n) is 8.96. The van der Waals surface area contributed by atoms with Crippen molar-refractivity contribution in [2.24, 2.45) is 0 Å². The molecule has 1 aromatic carbocycles. The van der Waals surface area contributed by atoms with Crippen LogP contribution in [0.25, 0.3) is 10.9 Å². The van der Waals surface area contributed by atoms with Gasteiger partial charge in [0.1, 0.15) is 18.0 Å². The molecule has 4 rings (SSSR count). The van der Waals surface area contributed by atoms with Crippen molar-refractivity contribution < 1.29 is 19.0 Å². The summed E-state index contributed by atoms with van der Waals surface area (Å²) in [4.78, 5) is 26.2. The van der Waals surface area contributed by atoms with Gasteiger partial charge in [-0.05, 0) is 38.9 Å². The normalized spacial score (nSPS) is 20.2. The van der Waals surface area contributed by atoms with Crippen LogP contribution in [0, 0.1) is 5.82 Å². The quantitative estimate of drug-likeness (QED) is 0.911. The molecule has 0 bridgehead atoms. The smallest absolute Gasteiger partial charge is 0.341 e. The molecule has 0 saturated carbocycles. The summed E-state index contributed by atoms with van der Waals surface area (Å²) in [6.45, 7) is 4.45. The molecule has 1 N–H and O–H groups in total. The monoisotopic (exact) mass is 360 g/mol. The SMILES string of the molecule is C[C@H]1COc2c(CN3CCCCC3)c(F)cc3c(=O)c(C(=O)O)cn1c23. The van der Waals surface area contributed by atoms with E-state index in [1.165, 1.54) is 18.7 Å². The average molecular weight is 360 g/mol. The summed E-state index contributed by atoms with van der Waals surface area (Å²) in [5.41, 5.74) is -0.0822. The number of carboxylic acid groups (broad SMARTS) is 1. The standard InChI is InChI=1S/C19H21FN2O4/c1-11-10-26-18-13(8-21-5-3-2-4-6-21)15(20)7-12-16(18)22(11)9-14(17(12)23)19(24)25/h7,9,11H,2-6,8,10H2,1H3,(H,24,25)/t11-/m0/s1. The first-order chi connectivity index (χ1) is 12.5. The van der Waals surface area contributed by atoms with Gasteiger partial charge in [0, 0.05) is 18.3 Å². The van der Waals surface area contributed by atoms with Gasteiger partial charge in [-0.15, -0.1) is 0 Å². The highest BCUT2D eigenvalue weighted by Crippen LogP contribution is 2.37. The Kier molecular flexibility index (Phi) is 4.19. The molecular formula is C19H21FN2O4. The minimum Gasteiger partial charge on any atom is -0.489 e. The zero-order chi connectivity index (χ0) is 18.4. The number of carboxylic acids is 1. The van der Waals surface area contributed by atoms with Crippen LogP contribution in [-0.4, -0.2) is 40.2 Å². The van der Waals surface area contributed by atoms with Crippen LogP contribution >= 0.6 is 0 Å². The van der Waals surface area contributed by atoms with Gasteiger partial charge < -0.3 is 14.4 Å². The summed E-state index contributed by atoms with van der Waals surface area (Å²) in [6, 6.07) is 1.03. The number of rotatable bonds is 3. The van der Waals surface area contributed by atoms with Crippen molar-refractivity contribution >= 4 is 16.9 Å². The Morgan fingerprint density at radius 1 is 1.35 bits per heavy atom. The van der Waals surface area contributed by atoms with Crippen molar-refractivity contribution in [2.45, 2.75) is 38.8 Å². The van der Waals surface area contributed by atoms with Crippen molar-refractivity contribution in [1.29, 1.82) is 0 Å². The van der Waals surface area contributed by atoms with Crippen LogP contribution < -0.4 is 10.2 Å². The molecule has 6 nitrogen and oxygen atoms in total. The Balaban J connectivity index is 1.94. The molecular weight excluding hydrogens is 339 g/mol. The van der Waals surface area contributed by atoms with Crippen molar-refractivity contribution in [1.82, 2.24) is 9.47 Å². The van der Waals surface area contributed by atoms with E-state index >= 15 is 0 Å². The molecule has 1 fully saturated rings. The molecule has 1 saturated heterocycles. The Bertz CT molecular complexity index is 947. The maximum absolute atomic E-state index is 14.9. The van der Waals surface area contributed by atoms with Gasteiger partial charge in [0.2, 0.25) is 5.43 Å². The second-order valence-corrected chi connectivity index (χ2v) is 7.14. The minimum absolute atomic E-state index is 0.0614. The highest BCUT2D eigenvalue weighted by Gasteiger charge is 2.28. The Labute approximate surface area is 149 Å². The number of ether oxygens (including phenoxy) is 1. The van der Waals surface area contributed by atoms with E-state index < -0.39 is 17.2 Å². The van der Waals surface area contributed by atoms with Crippen LogP contribution in [0.4, 0.5) is 4.39 Å². The Morgan fingerprint density at radius 2 is 2.08 bits per heavy atom. The van der Waals surface area contributed by atoms with Gasteiger partial charge in [0.25, 0.3) is 0 Å². The number of hydrogen-bond donors (Lipinski definition) is 1. The molecule has 2 aromatic rings. The molecule has 1 atom stereocenters. The predicted octanol–water partition coefficient (Wildman–Crippen LogP) is 2.78. The van der Waals surface area contributed by atoms with Crippen molar-refractivity contribution in [3.63, 3.8) is 0 Å². The fourth-order valence-electron chi connectivity index (χ4n) is 3.92. The lowest BCUT2D eigenvalue weighted by Gasteiger charge is -2.31. The largest absolute Gasteiger partial charge is 0.489 e. The van der Waals surface area contributed by atoms with Gasteiger partial charge in [0.05, 0.1) is 16.9 Å². The highest BCUT2D eigenvalue weighted by atomic mass is 19.1. The molecule has 0 spiro atoms. The van der Waals surface area contributed by atoms with Gasteiger partial charge in [-0.2, -0.15) is 0 Å². The number of nitrogens with zero attached hydrogens (tertiary/aromatic N) is 2. The summed E-state index contributed by atoms with van der Waals surface area (Å²) in [6.07, 6.45) is 4.73. The van der Waals surface area contributed by atoms with Crippen LogP contribution in [0.3, 0.4) is 0 Å². The van der Waals surface area contributed by atoms with Crippen LogP contribution in [0.2, 0.25) is 0 Å². The highest BCUT2D eigenvalue weighted by molar-refractivity contribution is 5.95. The molecule has 138 valence electrons. The third-order valence-electron chi connectivity index (χ3n) is 5.32. The second kappa shape index (κ2) is 6.39. The first-order valence-corrected chi connectivity index (χ1v) is 8.96. The zero-order valence-electron chi connectivity index (χ0n) is 14.6. The minimum atomic E-state index is -1.31. The number of halogens is 1. The molecule has 26 heavy (non-hydrogen) atoms. The van der Waals surface area contributed by atoms with E-state index in [1.54, 1.807) is 4.57 Å². The van der Waals surface area contributed by atoms with E-state index in [0.29, 0.717) is 30.0 Å². The lowest BCUT2D eigenvalue weighted by Crippen LogP contribution is -2.31. The van der Waals surface area contributed by atoms with E-state index in [2.05, 4.69) is 4.90 Å². The number of hydrogen-bond acceptors (Lipinski definition) is 4. The Morgan fingerprint density at radius 3 is 2.77 bits per heavy atom. The lowest BCUT2D eigenvalue weighted by atomic mass is 10.0.